The van der Waals surface area contributed by atoms with Gasteiger partial charge in [0, 0.05) is 18.6 Å². The van der Waals surface area contributed by atoms with Crippen LogP contribution >= 0.6 is 0 Å². The zero-order valence-electron chi connectivity index (χ0n) is 8.06. The van der Waals surface area contributed by atoms with Crippen LogP contribution in [0.2, 0.25) is 0 Å². The Balaban J connectivity index is 1.85. The normalized spacial score (nSPS) is 15.0. The molecule has 14 heavy (non-hydrogen) atoms. The Kier molecular flexibility index (Phi) is 2.86. The van der Waals surface area contributed by atoms with Crippen LogP contribution in [0.15, 0.2) is 55.0 Å². The van der Waals surface area contributed by atoms with Crippen LogP contribution in [0.5, 0.6) is 0 Å². The standard InChI is InChI=1S/C12H14N2/c1-2-5-12(6-3-1)7-4-9-14-10-8-13-11-14/h1-6,8-10,13H,7,11H2. The van der Waals surface area contributed by atoms with Crippen molar-refractivity contribution in [3.8, 4) is 0 Å². The third kappa shape index (κ3) is 2.39. The zero-order valence-corrected chi connectivity index (χ0v) is 8.06. The molecule has 0 atom stereocenters. The number of benzene rings is 1. The van der Waals surface area contributed by atoms with Crippen molar-refractivity contribution in [3.05, 3.63) is 60.6 Å². The lowest BCUT2D eigenvalue weighted by Gasteiger charge is -2.07. The van der Waals surface area contributed by atoms with Crippen molar-refractivity contribution in [2.24, 2.45) is 0 Å². The molecule has 0 spiro atoms. The molecule has 1 aliphatic heterocycles. The van der Waals surface area contributed by atoms with Gasteiger partial charge in [0.05, 0.1) is 6.67 Å². The fourth-order valence-corrected chi connectivity index (χ4v) is 1.40. The lowest BCUT2D eigenvalue weighted by Crippen LogP contribution is -2.14. The molecule has 2 rings (SSSR count). The van der Waals surface area contributed by atoms with Gasteiger partial charge in [-0.1, -0.05) is 36.4 Å². The van der Waals surface area contributed by atoms with E-state index >= 15 is 0 Å². The summed E-state index contributed by atoms with van der Waals surface area (Å²) < 4.78 is 0. The third-order valence-corrected chi connectivity index (χ3v) is 2.15. The summed E-state index contributed by atoms with van der Waals surface area (Å²) in [5.41, 5.74) is 1.35. The molecular weight excluding hydrogens is 172 g/mol. The van der Waals surface area contributed by atoms with E-state index < -0.39 is 0 Å². The lowest BCUT2D eigenvalue weighted by molar-refractivity contribution is 0.522. The van der Waals surface area contributed by atoms with E-state index in [-0.39, 0.29) is 0 Å². The van der Waals surface area contributed by atoms with E-state index in [1.165, 1.54) is 5.56 Å². The highest BCUT2D eigenvalue weighted by Gasteiger charge is 1.96. The Hall–Kier alpha value is -1.70. The first-order chi connectivity index (χ1) is 6.95. The van der Waals surface area contributed by atoms with Crippen LogP contribution in [0, 0.1) is 0 Å². The minimum atomic E-state index is 0.880. The molecular formula is C12H14N2. The molecule has 1 N–H and O–H groups in total. The summed E-state index contributed by atoms with van der Waals surface area (Å²) in [6, 6.07) is 10.5. The number of hydrogen-bond acceptors (Lipinski definition) is 2. The van der Waals surface area contributed by atoms with Crippen molar-refractivity contribution < 1.29 is 0 Å². The topological polar surface area (TPSA) is 15.3 Å². The predicted molar refractivity (Wildman–Crippen MR) is 58.3 cm³/mol. The summed E-state index contributed by atoms with van der Waals surface area (Å²) in [6.45, 7) is 0.880. The van der Waals surface area contributed by atoms with Crippen LogP contribution in [-0.2, 0) is 6.42 Å². The van der Waals surface area contributed by atoms with Crippen LogP contribution < -0.4 is 5.32 Å². The Bertz CT molecular complexity index is 327. The van der Waals surface area contributed by atoms with E-state index in [0.717, 1.165) is 13.1 Å². The zero-order chi connectivity index (χ0) is 9.64. The molecule has 0 saturated carbocycles. The van der Waals surface area contributed by atoms with Gasteiger partial charge in [-0.15, -0.1) is 0 Å². The minimum absolute atomic E-state index is 0.880. The summed E-state index contributed by atoms with van der Waals surface area (Å²) in [7, 11) is 0. The molecule has 1 aromatic carbocycles. The SMILES string of the molecule is C(=CN1C=CNC1)Cc1ccccc1. The smallest absolute Gasteiger partial charge is 0.0910 e. The van der Waals surface area contributed by atoms with Gasteiger partial charge in [-0.25, -0.2) is 0 Å². The van der Waals surface area contributed by atoms with Crippen LogP contribution in [0.4, 0.5) is 0 Å². The Morgan fingerprint density at radius 2 is 2.14 bits per heavy atom. The van der Waals surface area contributed by atoms with E-state index in [2.05, 4.69) is 46.8 Å². The molecule has 2 heteroatoms. The van der Waals surface area contributed by atoms with E-state index in [9.17, 15) is 0 Å². The molecule has 0 aliphatic carbocycles. The van der Waals surface area contributed by atoms with Gasteiger partial charge in [-0.3, -0.25) is 0 Å². The van der Waals surface area contributed by atoms with Crippen molar-refractivity contribution in [2.45, 2.75) is 6.42 Å². The quantitative estimate of drug-likeness (QED) is 0.777. The molecule has 0 amide bonds. The molecule has 2 nitrogen and oxygen atoms in total. The van der Waals surface area contributed by atoms with Crippen LogP contribution in [0.3, 0.4) is 0 Å². The summed E-state index contributed by atoms with van der Waals surface area (Å²) in [5.74, 6) is 0. The average molecular weight is 186 g/mol. The largest absolute Gasteiger partial charge is 0.372 e. The highest BCUT2D eigenvalue weighted by atomic mass is 15.2. The molecule has 72 valence electrons. The lowest BCUT2D eigenvalue weighted by atomic mass is 10.1. The maximum Gasteiger partial charge on any atom is 0.0910 e. The second-order valence-corrected chi connectivity index (χ2v) is 3.27. The average Bonchev–Trinajstić information content (AvgIpc) is 2.72. The van der Waals surface area contributed by atoms with Gasteiger partial charge in [-0.2, -0.15) is 0 Å². The number of hydrogen-bond donors (Lipinski definition) is 1. The van der Waals surface area contributed by atoms with Gasteiger partial charge in [-0.05, 0) is 12.0 Å². The van der Waals surface area contributed by atoms with Gasteiger partial charge in [0.2, 0.25) is 0 Å². The monoisotopic (exact) mass is 186 g/mol. The molecule has 0 saturated heterocycles. The molecule has 1 aliphatic rings. The van der Waals surface area contributed by atoms with Crippen molar-refractivity contribution in [1.29, 1.82) is 0 Å². The van der Waals surface area contributed by atoms with Crippen LogP contribution in [-0.4, -0.2) is 11.6 Å². The first-order valence-electron chi connectivity index (χ1n) is 4.81. The van der Waals surface area contributed by atoms with Gasteiger partial charge in [0.1, 0.15) is 0 Å². The minimum Gasteiger partial charge on any atom is -0.372 e. The van der Waals surface area contributed by atoms with E-state index in [1.54, 1.807) is 0 Å². The highest BCUT2D eigenvalue weighted by molar-refractivity contribution is 5.17. The Morgan fingerprint density at radius 1 is 1.29 bits per heavy atom. The van der Waals surface area contributed by atoms with Crippen molar-refractivity contribution in [1.82, 2.24) is 10.2 Å². The molecule has 0 bridgehead atoms. The first-order valence-corrected chi connectivity index (χ1v) is 4.81. The van der Waals surface area contributed by atoms with Gasteiger partial charge < -0.3 is 10.2 Å². The van der Waals surface area contributed by atoms with Crippen molar-refractivity contribution >= 4 is 0 Å². The molecule has 0 fully saturated rings. The summed E-state index contributed by atoms with van der Waals surface area (Å²) in [6.07, 6.45) is 9.25. The van der Waals surface area contributed by atoms with Crippen molar-refractivity contribution in [2.75, 3.05) is 6.67 Å². The van der Waals surface area contributed by atoms with Gasteiger partial charge in [0.25, 0.3) is 0 Å². The summed E-state index contributed by atoms with van der Waals surface area (Å²) >= 11 is 0. The molecule has 0 radical (unpaired) electrons. The first kappa shape index (κ1) is 8.88. The number of nitrogens with one attached hydrogen (secondary N) is 1. The van der Waals surface area contributed by atoms with Crippen LogP contribution in [0.1, 0.15) is 5.56 Å². The Morgan fingerprint density at radius 3 is 2.86 bits per heavy atom. The predicted octanol–water partition coefficient (Wildman–Crippen LogP) is 2.08. The fraction of sp³-hybridized carbons (Fsp3) is 0.167. The van der Waals surface area contributed by atoms with E-state index in [0.29, 0.717) is 0 Å². The van der Waals surface area contributed by atoms with E-state index in [1.807, 2.05) is 18.5 Å². The highest BCUT2D eigenvalue weighted by Crippen LogP contribution is 2.02. The summed E-state index contributed by atoms with van der Waals surface area (Å²) in [4.78, 5) is 2.11. The molecule has 1 aromatic rings. The number of nitrogens with zero attached hydrogens (tertiary/aromatic N) is 1. The van der Waals surface area contributed by atoms with Gasteiger partial charge >= 0.3 is 0 Å². The second-order valence-electron chi connectivity index (χ2n) is 3.27. The summed E-state index contributed by atoms with van der Waals surface area (Å²) in [5, 5.41) is 3.12. The molecule has 0 unspecified atom stereocenters. The number of rotatable bonds is 3. The maximum atomic E-state index is 3.12. The maximum absolute atomic E-state index is 3.12. The van der Waals surface area contributed by atoms with Crippen LogP contribution in [0.25, 0.3) is 0 Å². The Labute approximate surface area is 84.5 Å². The van der Waals surface area contributed by atoms with Gasteiger partial charge in [0.15, 0.2) is 0 Å². The fourth-order valence-electron chi connectivity index (χ4n) is 1.40. The third-order valence-electron chi connectivity index (χ3n) is 2.15. The van der Waals surface area contributed by atoms with Crippen molar-refractivity contribution in [3.63, 3.8) is 0 Å². The number of allylic oxidation sites excluding steroid dienone is 1. The second kappa shape index (κ2) is 4.51. The molecule has 0 aromatic heterocycles. The molecule has 1 heterocycles. The van der Waals surface area contributed by atoms with E-state index in [4.69, 9.17) is 0 Å².